The van der Waals surface area contributed by atoms with E-state index < -0.39 is 25.6 Å². The first-order valence-electron chi connectivity index (χ1n) is 3.24. The van der Waals surface area contributed by atoms with Crippen molar-refractivity contribution in [1.29, 1.82) is 0 Å². The van der Waals surface area contributed by atoms with E-state index in [1.54, 1.807) is 0 Å². The fraction of sp³-hybridized carbons (Fsp3) is 0. The number of nitro benzene ring substituents is 1. The van der Waals surface area contributed by atoms with Gasteiger partial charge in [-0.2, -0.15) is 8.42 Å². The van der Waals surface area contributed by atoms with Gasteiger partial charge in [-0.15, -0.1) is 0 Å². The van der Waals surface area contributed by atoms with Gasteiger partial charge in [0.05, 0.1) is 4.92 Å². The Labute approximate surface area is 114 Å². The Kier molecular flexibility index (Phi) is 5.18. The quantitative estimate of drug-likeness (QED) is 0.306. The monoisotopic (exact) mass is 261 g/mol. The van der Waals surface area contributed by atoms with Crippen molar-refractivity contribution in [2.24, 2.45) is 0 Å². The smallest absolute Gasteiger partial charge is 1.00 e. The zero-order valence-corrected chi connectivity index (χ0v) is 11.1. The number of nitrogens with zero attached hydrogens (tertiary/aromatic N) is 1. The van der Waals surface area contributed by atoms with Gasteiger partial charge in [-0.25, -0.2) is 0 Å². The van der Waals surface area contributed by atoms with Gasteiger partial charge in [0.25, 0.3) is 15.8 Å². The third kappa shape index (κ3) is 3.71. The number of halogens is 1. The molecule has 0 heterocycles. The van der Waals surface area contributed by atoms with Crippen molar-refractivity contribution >= 4 is 27.4 Å². The molecule has 0 radical (unpaired) electrons. The summed E-state index contributed by atoms with van der Waals surface area (Å²) < 4.78 is 29.8. The van der Waals surface area contributed by atoms with Crippen LogP contribution in [0.1, 0.15) is 1.43 Å². The van der Waals surface area contributed by atoms with Crippen molar-refractivity contribution in [1.82, 2.24) is 0 Å². The van der Waals surface area contributed by atoms with Gasteiger partial charge in [0.2, 0.25) is 0 Å². The predicted octanol–water partition coefficient (Wildman–Crippen LogP) is -1.39. The third-order valence-electron chi connectivity index (χ3n) is 1.41. The number of benzene rings is 1. The molecule has 1 aromatic carbocycles. The van der Waals surface area contributed by atoms with Gasteiger partial charge < -0.3 is 1.43 Å². The second-order valence-corrected chi connectivity index (χ2v) is 4.17. The molecule has 0 saturated heterocycles. The van der Waals surface area contributed by atoms with E-state index in [2.05, 4.69) is 0 Å². The van der Waals surface area contributed by atoms with Crippen LogP contribution >= 0.6 is 11.6 Å². The molecule has 0 unspecified atom stereocenters. The molecule has 15 heavy (non-hydrogen) atoms. The molecule has 0 saturated carbocycles. The summed E-state index contributed by atoms with van der Waals surface area (Å²) in [7, 11) is -4.44. The van der Waals surface area contributed by atoms with Crippen LogP contribution < -0.4 is 29.6 Å². The maximum Gasteiger partial charge on any atom is 1.00 e. The fourth-order valence-electron chi connectivity index (χ4n) is 0.793. The Morgan fingerprint density at radius 1 is 1.47 bits per heavy atom. The van der Waals surface area contributed by atoms with Crippen molar-refractivity contribution in [3.63, 3.8) is 0 Å². The Hall–Kier alpha value is -0.180. The topological polar surface area (TPSA) is 97.5 Å². The maximum atomic E-state index is 10.6. The van der Waals surface area contributed by atoms with E-state index in [1.807, 2.05) is 0 Å². The van der Waals surface area contributed by atoms with Crippen LogP contribution in [-0.4, -0.2) is 17.9 Å². The molecular weight excluding hydrogens is 257 g/mol. The van der Waals surface area contributed by atoms with Crippen molar-refractivity contribution in [2.75, 3.05) is 0 Å². The molecule has 6 nitrogen and oxygen atoms in total. The molecule has 0 bridgehead atoms. The summed E-state index contributed by atoms with van der Waals surface area (Å²) in [5.74, 6) is 0. The average Bonchev–Trinajstić information content (AvgIpc) is 2.02. The van der Waals surface area contributed by atoms with Crippen LogP contribution in [0.25, 0.3) is 0 Å². The number of rotatable bonds is 2. The Bertz CT molecular complexity index is 494. The zero-order valence-electron chi connectivity index (χ0n) is 8.55. The van der Waals surface area contributed by atoms with Gasteiger partial charge in [0.15, 0.2) is 0 Å². The molecule has 0 aliphatic carbocycles. The Morgan fingerprint density at radius 3 is 2.40 bits per heavy atom. The van der Waals surface area contributed by atoms with E-state index in [0.717, 1.165) is 12.1 Å². The van der Waals surface area contributed by atoms with Gasteiger partial charge in [-0.05, 0) is 12.1 Å². The van der Waals surface area contributed by atoms with Crippen molar-refractivity contribution < 1.29 is 48.9 Å². The van der Waals surface area contributed by atoms with Crippen LogP contribution in [0.15, 0.2) is 23.1 Å². The molecular formula is C6H5ClNNaO5S. The molecule has 9 heteroatoms. The standard InChI is InChI=1S/C6H4ClNO5S.Na.H/c7-5-2-1-4(14(11,12)13)3-6(5)8(9)10;;/h1-3H,(H,11,12,13);;/q;+1;-1. The predicted molar refractivity (Wildman–Crippen MR) is 49.0 cm³/mol. The number of hydrogen-bond donors (Lipinski definition) is 1. The van der Waals surface area contributed by atoms with Gasteiger partial charge in [-0.3, -0.25) is 14.7 Å². The van der Waals surface area contributed by atoms with E-state index in [9.17, 15) is 18.5 Å². The minimum atomic E-state index is -4.44. The maximum absolute atomic E-state index is 10.6. The minimum Gasteiger partial charge on any atom is -1.00 e. The van der Waals surface area contributed by atoms with Gasteiger partial charge in [-0.1, -0.05) is 11.6 Å². The SMILES string of the molecule is O=[N+]([O-])c1cc(S(=O)(=O)O)ccc1Cl.[H-].[Na+]. The van der Waals surface area contributed by atoms with Gasteiger partial charge in [0, 0.05) is 6.07 Å². The Balaban J connectivity index is 0. The first-order chi connectivity index (χ1) is 6.32. The molecule has 0 aliphatic heterocycles. The molecule has 78 valence electrons. The number of nitro groups is 1. The van der Waals surface area contributed by atoms with Crippen LogP contribution in [0.4, 0.5) is 5.69 Å². The van der Waals surface area contributed by atoms with Crippen LogP contribution in [0, 0.1) is 10.1 Å². The summed E-state index contributed by atoms with van der Waals surface area (Å²) in [5, 5.41) is 10.2. The average molecular weight is 262 g/mol. The van der Waals surface area contributed by atoms with Crippen molar-refractivity contribution in [3.05, 3.63) is 33.3 Å². The van der Waals surface area contributed by atoms with E-state index in [-0.39, 0.29) is 36.0 Å². The summed E-state index contributed by atoms with van der Waals surface area (Å²) >= 11 is 5.42. The molecule has 1 N–H and O–H groups in total. The zero-order chi connectivity index (χ0) is 10.9. The largest absolute Gasteiger partial charge is 1.00 e. The van der Waals surface area contributed by atoms with Crippen molar-refractivity contribution in [3.8, 4) is 0 Å². The summed E-state index contributed by atoms with van der Waals surface area (Å²) in [6.45, 7) is 0. The summed E-state index contributed by atoms with van der Waals surface area (Å²) in [5.41, 5.74) is -0.568. The molecule has 0 fully saturated rings. The van der Waals surface area contributed by atoms with Gasteiger partial charge >= 0.3 is 29.6 Å². The first kappa shape index (κ1) is 14.8. The molecule has 0 amide bonds. The second-order valence-electron chi connectivity index (χ2n) is 2.35. The molecule has 0 aliphatic rings. The molecule has 0 aromatic heterocycles. The summed E-state index contributed by atoms with van der Waals surface area (Å²) in [6.07, 6.45) is 0. The molecule has 1 aromatic rings. The molecule has 1 rings (SSSR count). The van der Waals surface area contributed by atoms with Crippen LogP contribution in [0.5, 0.6) is 0 Å². The van der Waals surface area contributed by atoms with E-state index in [4.69, 9.17) is 16.2 Å². The fourth-order valence-corrected chi connectivity index (χ4v) is 1.48. The molecule has 0 atom stereocenters. The molecule has 0 spiro atoms. The number of hydrogen-bond acceptors (Lipinski definition) is 4. The normalized spacial score (nSPS) is 10.5. The van der Waals surface area contributed by atoms with Gasteiger partial charge in [0.1, 0.15) is 9.92 Å². The van der Waals surface area contributed by atoms with E-state index in [1.165, 1.54) is 0 Å². The van der Waals surface area contributed by atoms with Crippen molar-refractivity contribution in [2.45, 2.75) is 4.90 Å². The second kappa shape index (κ2) is 5.24. The Morgan fingerprint density at radius 2 is 2.00 bits per heavy atom. The first-order valence-corrected chi connectivity index (χ1v) is 5.05. The van der Waals surface area contributed by atoms with E-state index in [0.29, 0.717) is 6.07 Å². The summed E-state index contributed by atoms with van der Waals surface area (Å²) in [4.78, 5) is 8.95. The summed E-state index contributed by atoms with van der Waals surface area (Å²) in [6, 6.07) is 2.70. The third-order valence-corrected chi connectivity index (χ3v) is 2.58. The van der Waals surface area contributed by atoms with Crippen LogP contribution in [0.2, 0.25) is 5.02 Å². The van der Waals surface area contributed by atoms with E-state index >= 15 is 0 Å². The minimum absolute atomic E-state index is 0. The van der Waals surface area contributed by atoms with Crippen LogP contribution in [-0.2, 0) is 10.1 Å². The van der Waals surface area contributed by atoms with Crippen LogP contribution in [0.3, 0.4) is 0 Å².